The van der Waals surface area contributed by atoms with Gasteiger partial charge in [0, 0.05) is 20.2 Å². The molecule has 1 amide bonds. The lowest BCUT2D eigenvalue weighted by Gasteiger charge is -2.25. The number of benzene rings is 1. The maximum Gasteiger partial charge on any atom is 0.310 e. The second kappa shape index (κ2) is 9.50. The van der Waals surface area contributed by atoms with E-state index in [0.717, 1.165) is 5.56 Å². The van der Waals surface area contributed by atoms with Crippen molar-refractivity contribution in [2.24, 2.45) is 11.1 Å². The summed E-state index contributed by atoms with van der Waals surface area (Å²) in [6.07, 6.45) is 0.494. The fourth-order valence-electron chi connectivity index (χ4n) is 2.25. The minimum Gasteiger partial charge on any atom is -0.469 e. The molecule has 1 rings (SSSR count). The number of carbonyl (C=O) groups excluding carboxylic acids is 2. The van der Waals surface area contributed by atoms with Crippen LogP contribution in [-0.4, -0.2) is 59.1 Å². The molecule has 9 heteroatoms. The minimum atomic E-state index is -3.73. The van der Waals surface area contributed by atoms with E-state index in [9.17, 15) is 18.0 Å². The van der Waals surface area contributed by atoms with E-state index >= 15 is 0 Å². The topological polar surface area (TPSA) is 116 Å². The number of nitrogens with zero attached hydrogens (tertiary/aromatic N) is 1. The molecule has 8 nitrogen and oxygen atoms in total. The first-order valence-corrected chi connectivity index (χ1v) is 9.20. The van der Waals surface area contributed by atoms with Crippen LogP contribution in [0.2, 0.25) is 0 Å². The maximum absolute atomic E-state index is 12.1. The number of primary sulfonamides is 1. The average molecular weight is 372 g/mol. The van der Waals surface area contributed by atoms with Gasteiger partial charge in [-0.05, 0) is 24.1 Å². The van der Waals surface area contributed by atoms with Crippen molar-refractivity contribution >= 4 is 21.9 Å². The lowest BCUT2D eigenvalue weighted by Crippen LogP contribution is -2.40. The molecule has 0 spiro atoms. The molecule has 0 bridgehead atoms. The molecule has 0 saturated carbocycles. The standard InChI is InChI=1S/C16H24N2O6S/c1-12(16(20)24-3)10-18(15(19)11-23-2)9-8-13-4-6-14(7-5-13)25(17,21)22/h4-7,12H,8-11H2,1-3H3,(H2,17,21,22). The number of carbonyl (C=O) groups is 2. The molecule has 0 aliphatic carbocycles. The summed E-state index contributed by atoms with van der Waals surface area (Å²) in [5.41, 5.74) is 0.841. The molecule has 2 N–H and O–H groups in total. The van der Waals surface area contributed by atoms with Gasteiger partial charge in [0.1, 0.15) is 6.61 Å². The Labute approximate surface area is 147 Å². The van der Waals surface area contributed by atoms with E-state index in [1.165, 1.54) is 31.3 Å². The largest absolute Gasteiger partial charge is 0.469 e. The molecule has 0 fully saturated rings. The quantitative estimate of drug-likeness (QED) is 0.617. The number of amides is 1. The molecule has 0 saturated heterocycles. The summed E-state index contributed by atoms with van der Waals surface area (Å²) in [7, 11) is -1.01. The van der Waals surface area contributed by atoms with E-state index in [4.69, 9.17) is 9.88 Å². The molecule has 0 heterocycles. The Hall–Kier alpha value is -1.97. The van der Waals surface area contributed by atoms with Crippen molar-refractivity contribution in [2.75, 3.05) is 33.9 Å². The van der Waals surface area contributed by atoms with Crippen molar-refractivity contribution in [3.63, 3.8) is 0 Å². The fourth-order valence-corrected chi connectivity index (χ4v) is 2.76. The SMILES string of the molecule is COCC(=O)N(CCc1ccc(S(N)(=O)=O)cc1)CC(C)C(=O)OC. The average Bonchev–Trinajstić information content (AvgIpc) is 2.57. The second-order valence-corrected chi connectivity index (χ2v) is 7.20. The first-order valence-electron chi connectivity index (χ1n) is 7.65. The van der Waals surface area contributed by atoms with Gasteiger partial charge in [-0.2, -0.15) is 0 Å². The highest BCUT2D eigenvalue weighted by atomic mass is 32.2. The van der Waals surface area contributed by atoms with Crippen LogP contribution in [0.15, 0.2) is 29.2 Å². The molecule has 1 aromatic carbocycles. The van der Waals surface area contributed by atoms with Gasteiger partial charge in [-0.25, -0.2) is 13.6 Å². The number of sulfonamides is 1. The number of methoxy groups -OCH3 is 2. The van der Waals surface area contributed by atoms with Gasteiger partial charge in [-0.15, -0.1) is 0 Å². The number of hydrogen-bond donors (Lipinski definition) is 1. The van der Waals surface area contributed by atoms with E-state index in [1.54, 1.807) is 19.1 Å². The number of nitrogens with two attached hydrogens (primary N) is 1. The lowest BCUT2D eigenvalue weighted by molar-refractivity contribution is -0.147. The minimum absolute atomic E-state index is 0.0304. The molecule has 1 atom stereocenters. The molecular formula is C16H24N2O6S. The van der Waals surface area contributed by atoms with Crippen LogP contribution >= 0.6 is 0 Å². The molecule has 0 radical (unpaired) electrons. The molecule has 25 heavy (non-hydrogen) atoms. The van der Waals surface area contributed by atoms with Crippen LogP contribution in [-0.2, 0) is 35.5 Å². The number of esters is 1. The summed E-state index contributed by atoms with van der Waals surface area (Å²) in [6, 6.07) is 6.12. The highest BCUT2D eigenvalue weighted by molar-refractivity contribution is 7.89. The third kappa shape index (κ3) is 6.81. The first kappa shape index (κ1) is 21.1. The van der Waals surface area contributed by atoms with Gasteiger partial charge in [-0.3, -0.25) is 9.59 Å². The summed E-state index contributed by atoms with van der Waals surface area (Å²) in [6.45, 7) is 2.17. The first-order chi connectivity index (χ1) is 11.7. The third-order valence-electron chi connectivity index (χ3n) is 3.64. The predicted molar refractivity (Wildman–Crippen MR) is 91.2 cm³/mol. The smallest absolute Gasteiger partial charge is 0.310 e. The van der Waals surface area contributed by atoms with Crippen LogP contribution in [0.1, 0.15) is 12.5 Å². The van der Waals surface area contributed by atoms with Crippen LogP contribution in [0.5, 0.6) is 0 Å². The summed E-state index contributed by atoms with van der Waals surface area (Å²) in [5, 5.41) is 5.06. The Morgan fingerprint density at radius 1 is 1.20 bits per heavy atom. The van der Waals surface area contributed by atoms with Gasteiger partial charge in [0.15, 0.2) is 0 Å². The Kier molecular flexibility index (Phi) is 8.01. The van der Waals surface area contributed by atoms with Gasteiger partial charge >= 0.3 is 5.97 Å². The molecule has 1 aromatic rings. The summed E-state index contributed by atoms with van der Waals surface area (Å²) >= 11 is 0. The van der Waals surface area contributed by atoms with Gasteiger partial charge in [0.25, 0.3) is 0 Å². The van der Waals surface area contributed by atoms with Crippen LogP contribution in [0.3, 0.4) is 0 Å². The van der Waals surface area contributed by atoms with Gasteiger partial charge in [0.05, 0.1) is 17.9 Å². The fraction of sp³-hybridized carbons (Fsp3) is 0.500. The number of hydrogen-bond acceptors (Lipinski definition) is 6. The molecule has 0 aliphatic rings. The van der Waals surface area contributed by atoms with Crippen LogP contribution in [0.25, 0.3) is 0 Å². The van der Waals surface area contributed by atoms with E-state index in [2.05, 4.69) is 4.74 Å². The van der Waals surface area contributed by atoms with E-state index in [-0.39, 0.29) is 24.0 Å². The lowest BCUT2D eigenvalue weighted by atomic mass is 10.1. The maximum atomic E-state index is 12.1. The van der Waals surface area contributed by atoms with Crippen molar-refractivity contribution in [3.8, 4) is 0 Å². The van der Waals surface area contributed by atoms with Gasteiger partial charge in [0.2, 0.25) is 15.9 Å². The third-order valence-corrected chi connectivity index (χ3v) is 4.57. The Balaban J connectivity index is 2.77. The van der Waals surface area contributed by atoms with Gasteiger partial charge in [-0.1, -0.05) is 19.1 Å². The van der Waals surface area contributed by atoms with Crippen molar-refractivity contribution in [3.05, 3.63) is 29.8 Å². The summed E-state index contributed by atoms with van der Waals surface area (Å²) in [4.78, 5) is 25.3. The van der Waals surface area contributed by atoms with Crippen LogP contribution in [0.4, 0.5) is 0 Å². The van der Waals surface area contributed by atoms with Gasteiger partial charge < -0.3 is 14.4 Å². The Morgan fingerprint density at radius 3 is 2.28 bits per heavy atom. The van der Waals surface area contributed by atoms with E-state index < -0.39 is 21.9 Å². The number of ether oxygens (including phenoxy) is 2. The van der Waals surface area contributed by atoms with Crippen molar-refractivity contribution in [1.82, 2.24) is 4.90 Å². The Morgan fingerprint density at radius 2 is 1.80 bits per heavy atom. The highest BCUT2D eigenvalue weighted by Gasteiger charge is 2.21. The highest BCUT2D eigenvalue weighted by Crippen LogP contribution is 2.11. The Bertz CT molecular complexity index is 687. The molecule has 0 aromatic heterocycles. The summed E-state index contributed by atoms with van der Waals surface area (Å²) < 4.78 is 32.1. The number of rotatable bonds is 9. The summed E-state index contributed by atoms with van der Waals surface area (Å²) in [5.74, 6) is -1.09. The predicted octanol–water partition coefficient (Wildman–Crippen LogP) is 0.161. The molecule has 0 aliphatic heterocycles. The second-order valence-electron chi connectivity index (χ2n) is 5.64. The molecule has 140 valence electrons. The normalized spacial score (nSPS) is 12.5. The van der Waals surface area contributed by atoms with Crippen molar-refractivity contribution in [2.45, 2.75) is 18.2 Å². The zero-order chi connectivity index (χ0) is 19.0. The van der Waals surface area contributed by atoms with Crippen molar-refractivity contribution < 1.29 is 27.5 Å². The van der Waals surface area contributed by atoms with Crippen molar-refractivity contribution in [1.29, 1.82) is 0 Å². The van der Waals surface area contributed by atoms with Crippen LogP contribution < -0.4 is 5.14 Å². The van der Waals surface area contributed by atoms with Crippen LogP contribution in [0, 0.1) is 5.92 Å². The monoisotopic (exact) mass is 372 g/mol. The zero-order valence-electron chi connectivity index (χ0n) is 14.6. The molecule has 1 unspecified atom stereocenters. The van der Waals surface area contributed by atoms with E-state index in [1.807, 2.05) is 0 Å². The molecular weight excluding hydrogens is 348 g/mol. The zero-order valence-corrected chi connectivity index (χ0v) is 15.4. The van der Waals surface area contributed by atoms with E-state index in [0.29, 0.717) is 13.0 Å².